The van der Waals surface area contributed by atoms with Gasteiger partial charge in [0.15, 0.2) is 0 Å². The number of para-hydroxylation sites is 2. The molecule has 0 aliphatic rings. The summed E-state index contributed by atoms with van der Waals surface area (Å²) in [6, 6.07) is 19.9. The summed E-state index contributed by atoms with van der Waals surface area (Å²) >= 11 is 0. The van der Waals surface area contributed by atoms with Gasteiger partial charge in [0.05, 0.1) is 5.69 Å². The summed E-state index contributed by atoms with van der Waals surface area (Å²) in [5, 5.41) is 3.18. The van der Waals surface area contributed by atoms with Crippen LogP contribution in [0.3, 0.4) is 0 Å². The molecule has 2 rings (SSSR count). The highest BCUT2D eigenvalue weighted by Crippen LogP contribution is 2.08. The maximum atomic E-state index is 4.30. The van der Waals surface area contributed by atoms with E-state index in [1.165, 1.54) is 0 Å². The van der Waals surface area contributed by atoms with E-state index in [0.717, 1.165) is 11.4 Å². The molecule has 19 heavy (non-hydrogen) atoms. The Bertz CT molecular complexity index is 554. The van der Waals surface area contributed by atoms with Crippen LogP contribution in [0.25, 0.3) is 0 Å². The van der Waals surface area contributed by atoms with Gasteiger partial charge < -0.3 is 5.32 Å². The molecule has 2 heteroatoms. The van der Waals surface area contributed by atoms with Crippen LogP contribution < -0.4 is 5.32 Å². The third-order valence-electron chi connectivity index (χ3n) is 2.41. The highest BCUT2D eigenvalue weighted by molar-refractivity contribution is 5.74. The SMILES string of the molecule is C(/C=C/C=C/Nc1ccccc1)=Nc1ccccc1. The standard InChI is InChI=1S/C17H16N2/c1-4-10-16(11-5-1)18-14-8-3-9-15-19-17-12-6-2-7-13-17/h1-15,18H/b9-3+,14-8+,19-15?. The summed E-state index contributed by atoms with van der Waals surface area (Å²) < 4.78 is 0. The zero-order valence-corrected chi connectivity index (χ0v) is 10.6. The molecule has 0 aromatic heterocycles. The Balaban J connectivity index is 1.76. The first-order valence-corrected chi connectivity index (χ1v) is 6.18. The summed E-state index contributed by atoms with van der Waals surface area (Å²) in [6.45, 7) is 0. The fourth-order valence-corrected chi connectivity index (χ4v) is 1.49. The fourth-order valence-electron chi connectivity index (χ4n) is 1.49. The van der Waals surface area contributed by atoms with Crippen molar-refractivity contribution >= 4 is 17.6 Å². The molecular weight excluding hydrogens is 232 g/mol. The lowest BCUT2D eigenvalue weighted by molar-refractivity contribution is 1.54. The number of hydrogen-bond donors (Lipinski definition) is 1. The fraction of sp³-hybridized carbons (Fsp3) is 0. The van der Waals surface area contributed by atoms with Gasteiger partial charge in [0.25, 0.3) is 0 Å². The molecule has 1 N–H and O–H groups in total. The largest absolute Gasteiger partial charge is 0.362 e. The predicted octanol–water partition coefficient (Wildman–Crippen LogP) is 4.57. The van der Waals surface area contributed by atoms with Gasteiger partial charge in [-0.3, -0.25) is 4.99 Å². The van der Waals surface area contributed by atoms with E-state index in [0.29, 0.717) is 0 Å². The minimum absolute atomic E-state index is 0.957. The van der Waals surface area contributed by atoms with Crippen molar-refractivity contribution < 1.29 is 0 Å². The second-order valence-corrected chi connectivity index (χ2v) is 3.87. The van der Waals surface area contributed by atoms with Crippen LogP contribution in [0.15, 0.2) is 90.1 Å². The lowest BCUT2D eigenvalue weighted by Crippen LogP contribution is -1.84. The van der Waals surface area contributed by atoms with Crippen molar-refractivity contribution in [2.75, 3.05) is 5.32 Å². The van der Waals surface area contributed by atoms with Crippen molar-refractivity contribution in [1.29, 1.82) is 0 Å². The first-order valence-electron chi connectivity index (χ1n) is 6.18. The van der Waals surface area contributed by atoms with Crippen LogP contribution in [0.5, 0.6) is 0 Å². The highest BCUT2D eigenvalue weighted by Gasteiger charge is 1.82. The Morgan fingerprint density at radius 1 is 0.737 bits per heavy atom. The molecule has 0 saturated heterocycles. The van der Waals surface area contributed by atoms with Gasteiger partial charge in [-0.05, 0) is 36.4 Å². The number of nitrogens with one attached hydrogen (secondary N) is 1. The van der Waals surface area contributed by atoms with E-state index in [9.17, 15) is 0 Å². The summed E-state index contributed by atoms with van der Waals surface area (Å²) in [4.78, 5) is 4.30. The van der Waals surface area contributed by atoms with Gasteiger partial charge in [-0.2, -0.15) is 0 Å². The van der Waals surface area contributed by atoms with Crippen LogP contribution >= 0.6 is 0 Å². The number of nitrogens with zero attached hydrogens (tertiary/aromatic N) is 1. The molecule has 2 aromatic carbocycles. The van der Waals surface area contributed by atoms with Crippen molar-refractivity contribution in [3.63, 3.8) is 0 Å². The second kappa shape index (κ2) is 7.67. The molecule has 0 aliphatic carbocycles. The molecule has 0 amide bonds. The van der Waals surface area contributed by atoms with Gasteiger partial charge in [0.2, 0.25) is 0 Å². The Labute approximate surface area is 113 Å². The molecule has 0 bridgehead atoms. The quantitative estimate of drug-likeness (QED) is 0.608. The average molecular weight is 248 g/mol. The Kier molecular flexibility index (Phi) is 5.18. The molecule has 94 valence electrons. The Morgan fingerprint density at radius 2 is 1.42 bits per heavy atom. The maximum absolute atomic E-state index is 4.30. The van der Waals surface area contributed by atoms with Crippen LogP contribution in [0.2, 0.25) is 0 Å². The van der Waals surface area contributed by atoms with Crippen LogP contribution in [0, 0.1) is 0 Å². The van der Waals surface area contributed by atoms with Crippen molar-refractivity contribution in [3.05, 3.63) is 85.1 Å². The summed E-state index contributed by atoms with van der Waals surface area (Å²) in [6.07, 6.45) is 9.44. The number of allylic oxidation sites excluding steroid dienone is 3. The number of benzene rings is 2. The molecule has 0 atom stereocenters. The first kappa shape index (κ1) is 12.8. The first-order chi connectivity index (χ1) is 9.45. The van der Waals surface area contributed by atoms with Crippen molar-refractivity contribution in [1.82, 2.24) is 0 Å². The minimum Gasteiger partial charge on any atom is -0.362 e. The van der Waals surface area contributed by atoms with Crippen molar-refractivity contribution in [2.45, 2.75) is 0 Å². The van der Waals surface area contributed by atoms with E-state index in [4.69, 9.17) is 0 Å². The van der Waals surface area contributed by atoms with E-state index in [2.05, 4.69) is 10.3 Å². The average Bonchev–Trinajstić information content (AvgIpc) is 2.48. The molecule has 0 unspecified atom stereocenters. The zero-order valence-electron chi connectivity index (χ0n) is 10.6. The smallest absolute Gasteiger partial charge is 0.0629 e. The van der Waals surface area contributed by atoms with Gasteiger partial charge in [0.1, 0.15) is 0 Å². The van der Waals surface area contributed by atoms with Gasteiger partial charge >= 0.3 is 0 Å². The summed E-state index contributed by atoms with van der Waals surface area (Å²) in [5.74, 6) is 0. The normalized spacial score (nSPS) is 11.6. The number of anilines is 1. The Morgan fingerprint density at radius 3 is 2.16 bits per heavy atom. The monoisotopic (exact) mass is 248 g/mol. The van der Waals surface area contributed by atoms with Crippen LogP contribution in [0.1, 0.15) is 0 Å². The van der Waals surface area contributed by atoms with Crippen LogP contribution in [-0.2, 0) is 0 Å². The summed E-state index contributed by atoms with van der Waals surface area (Å²) in [5.41, 5.74) is 2.03. The number of hydrogen-bond acceptors (Lipinski definition) is 2. The van der Waals surface area contributed by atoms with Gasteiger partial charge in [0, 0.05) is 18.1 Å². The molecule has 0 heterocycles. The molecular formula is C17H16N2. The molecule has 2 aromatic rings. The van der Waals surface area contributed by atoms with Crippen LogP contribution in [-0.4, -0.2) is 6.21 Å². The third-order valence-corrected chi connectivity index (χ3v) is 2.41. The Hall–Kier alpha value is -2.61. The molecule has 0 radical (unpaired) electrons. The van der Waals surface area contributed by atoms with Crippen LogP contribution in [0.4, 0.5) is 11.4 Å². The highest BCUT2D eigenvalue weighted by atomic mass is 14.8. The van der Waals surface area contributed by atoms with E-state index >= 15 is 0 Å². The van der Waals surface area contributed by atoms with E-state index in [-0.39, 0.29) is 0 Å². The van der Waals surface area contributed by atoms with E-state index in [1.807, 2.05) is 85.1 Å². The lowest BCUT2D eigenvalue weighted by Gasteiger charge is -1.97. The molecule has 2 nitrogen and oxygen atoms in total. The van der Waals surface area contributed by atoms with E-state index < -0.39 is 0 Å². The van der Waals surface area contributed by atoms with Gasteiger partial charge in [-0.25, -0.2) is 0 Å². The minimum atomic E-state index is 0.957. The van der Waals surface area contributed by atoms with Crippen molar-refractivity contribution in [3.8, 4) is 0 Å². The summed E-state index contributed by atoms with van der Waals surface area (Å²) in [7, 11) is 0. The topological polar surface area (TPSA) is 24.4 Å². The zero-order chi connectivity index (χ0) is 13.2. The van der Waals surface area contributed by atoms with Gasteiger partial charge in [-0.15, -0.1) is 0 Å². The second-order valence-electron chi connectivity index (χ2n) is 3.87. The van der Waals surface area contributed by atoms with Gasteiger partial charge in [-0.1, -0.05) is 42.5 Å². The predicted molar refractivity (Wildman–Crippen MR) is 82.9 cm³/mol. The van der Waals surface area contributed by atoms with Crippen molar-refractivity contribution in [2.24, 2.45) is 4.99 Å². The number of aliphatic imine (C=N–C) groups is 1. The third kappa shape index (κ3) is 5.04. The molecule has 0 saturated carbocycles. The van der Waals surface area contributed by atoms with E-state index in [1.54, 1.807) is 6.21 Å². The maximum Gasteiger partial charge on any atom is 0.0629 e. The lowest BCUT2D eigenvalue weighted by atomic mass is 10.3. The molecule has 0 fully saturated rings. The number of rotatable bonds is 5. The molecule has 0 spiro atoms. The molecule has 0 aliphatic heterocycles.